The van der Waals surface area contributed by atoms with Gasteiger partial charge in [0.25, 0.3) is 0 Å². The lowest BCUT2D eigenvalue weighted by molar-refractivity contribution is 0.0809. The van der Waals surface area contributed by atoms with Gasteiger partial charge in [-0.05, 0) is 45.9 Å². The first-order chi connectivity index (χ1) is 6.83. The van der Waals surface area contributed by atoms with E-state index in [9.17, 15) is 0 Å². The standard InChI is InChI=1S/C11H24N2O/c1-3-12-7-5-8-13(2)10-11-6-4-9-14-11/h11-12H,3-10H2,1-2H3. The molecular weight excluding hydrogens is 176 g/mol. The van der Waals surface area contributed by atoms with E-state index in [0.717, 1.165) is 26.2 Å². The molecule has 0 bridgehead atoms. The van der Waals surface area contributed by atoms with Gasteiger partial charge in [0.1, 0.15) is 0 Å². The maximum atomic E-state index is 5.59. The van der Waals surface area contributed by atoms with Crippen LogP contribution in [0.3, 0.4) is 0 Å². The Morgan fingerprint density at radius 2 is 2.36 bits per heavy atom. The topological polar surface area (TPSA) is 24.5 Å². The van der Waals surface area contributed by atoms with E-state index in [1.165, 1.54) is 25.8 Å². The average Bonchev–Trinajstić information content (AvgIpc) is 2.65. The summed E-state index contributed by atoms with van der Waals surface area (Å²) < 4.78 is 5.59. The van der Waals surface area contributed by atoms with Crippen LogP contribution in [0.15, 0.2) is 0 Å². The third-order valence-corrected chi connectivity index (χ3v) is 2.68. The van der Waals surface area contributed by atoms with Crippen LogP contribution in [0.5, 0.6) is 0 Å². The summed E-state index contributed by atoms with van der Waals surface area (Å²) in [7, 11) is 2.19. The molecule has 1 atom stereocenters. The van der Waals surface area contributed by atoms with Crippen molar-refractivity contribution < 1.29 is 4.74 Å². The number of hydrogen-bond donors (Lipinski definition) is 1. The van der Waals surface area contributed by atoms with E-state index < -0.39 is 0 Å². The molecule has 0 spiro atoms. The highest BCUT2D eigenvalue weighted by molar-refractivity contribution is 4.68. The molecule has 1 N–H and O–H groups in total. The summed E-state index contributed by atoms with van der Waals surface area (Å²) in [4.78, 5) is 2.38. The molecule has 1 aliphatic heterocycles. The van der Waals surface area contributed by atoms with Crippen molar-refractivity contribution >= 4 is 0 Å². The molecule has 1 unspecified atom stereocenters. The van der Waals surface area contributed by atoms with Crippen molar-refractivity contribution in [1.82, 2.24) is 10.2 Å². The highest BCUT2D eigenvalue weighted by Crippen LogP contribution is 2.12. The lowest BCUT2D eigenvalue weighted by Crippen LogP contribution is -2.31. The minimum atomic E-state index is 0.499. The van der Waals surface area contributed by atoms with Crippen molar-refractivity contribution in [3.05, 3.63) is 0 Å². The van der Waals surface area contributed by atoms with Crippen LogP contribution in [-0.2, 0) is 4.74 Å². The Hall–Kier alpha value is -0.120. The highest BCUT2D eigenvalue weighted by atomic mass is 16.5. The molecule has 1 aliphatic rings. The number of nitrogens with zero attached hydrogens (tertiary/aromatic N) is 1. The number of rotatable bonds is 7. The van der Waals surface area contributed by atoms with E-state index in [0.29, 0.717) is 6.10 Å². The van der Waals surface area contributed by atoms with Gasteiger partial charge in [0.2, 0.25) is 0 Å². The van der Waals surface area contributed by atoms with Gasteiger partial charge in [0.05, 0.1) is 6.10 Å². The summed E-state index contributed by atoms with van der Waals surface area (Å²) in [6, 6.07) is 0. The normalized spacial score (nSPS) is 22.1. The van der Waals surface area contributed by atoms with Crippen molar-refractivity contribution in [2.75, 3.05) is 39.8 Å². The summed E-state index contributed by atoms with van der Waals surface area (Å²) in [6.45, 7) is 7.60. The largest absolute Gasteiger partial charge is 0.377 e. The van der Waals surface area contributed by atoms with E-state index in [1.54, 1.807) is 0 Å². The first-order valence-electron chi connectivity index (χ1n) is 5.83. The van der Waals surface area contributed by atoms with Crippen molar-refractivity contribution in [2.45, 2.75) is 32.3 Å². The molecule has 3 heteroatoms. The molecule has 1 fully saturated rings. The van der Waals surface area contributed by atoms with Gasteiger partial charge in [-0.15, -0.1) is 0 Å². The van der Waals surface area contributed by atoms with Crippen LogP contribution in [0.2, 0.25) is 0 Å². The fourth-order valence-electron chi connectivity index (χ4n) is 1.88. The Bertz CT molecular complexity index is 135. The van der Waals surface area contributed by atoms with E-state index in [1.807, 2.05) is 0 Å². The van der Waals surface area contributed by atoms with Crippen LogP contribution >= 0.6 is 0 Å². The van der Waals surface area contributed by atoms with Crippen LogP contribution in [-0.4, -0.2) is 50.8 Å². The number of likely N-dealkylation sites (N-methyl/N-ethyl adjacent to an activating group) is 1. The predicted molar refractivity (Wildman–Crippen MR) is 59.6 cm³/mol. The Labute approximate surface area is 87.8 Å². The van der Waals surface area contributed by atoms with Gasteiger partial charge in [-0.1, -0.05) is 6.92 Å². The summed E-state index contributed by atoms with van der Waals surface area (Å²) in [5.74, 6) is 0. The van der Waals surface area contributed by atoms with Crippen molar-refractivity contribution in [1.29, 1.82) is 0 Å². The Morgan fingerprint density at radius 1 is 1.50 bits per heavy atom. The average molecular weight is 200 g/mol. The maximum absolute atomic E-state index is 5.59. The Morgan fingerprint density at radius 3 is 3.00 bits per heavy atom. The van der Waals surface area contributed by atoms with Crippen LogP contribution < -0.4 is 5.32 Å². The lowest BCUT2D eigenvalue weighted by Gasteiger charge is -2.20. The molecule has 0 aromatic heterocycles. The SMILES string of the molecule is CCNCCCN(C)CC1CCCO1. The number of nitrogens with one attached hydrogen (secondary N) is 1. The summed E-state index contributed by atoms with van der Waals surface area (Å²) >= 11 is 0. The lowest BCUT2D eigenvalue weighted by atomic mass is 10.2. The quantitative estimate of drug-likeness (QED) is 0.623. The number of ether oxygens (including phenoxy) is 1. The molecule has 0 saturated carbocycles. The summed E-state index contributed by atoms with van der Waals surface area (Å²) in [6.07, 6.45) is 4.23. The molecule has 3 nitrogen and oxygen atoms in total. The molecule has 1 rings (SSSR count). The second-order valence-electron chi connectivity index (χ2n) is 4.10. The van der Waals surface area contributed by atoms with E-state index in [4.69, 9.17) is 4.74 Å². The van der Waals surface area contributed by atoms with Gasteiger partial charge < -0.3 is 15.0 Å². The third-order valence-electron chi connectivity index (χ3n) is 2.68. The minimum absolute atomic E-state index is 0.499. The summed E-state index contributed by atoms with van der Waals surface area (Å²) in [5, 5.41) is 3.34. The van der Waals surface area contributed by atoms with Gasteiger partial charge in [-0.3, -0.25) is 0 Å². The van der Waals surface area contributed by atoms with Gasteiger partial charge in [0.15, 0.2) is 0 Å². The molecule has 0 radical (unpaired) electrons. The molecular formula is C11H24N2O. The molecule has 0 aromatic carbocycles. The minimum Gasteiger partial charge on any atom is -0.377 e. The van der Waals surface area contributed by atoms with Crippen LogP contribution in [0.25, 0.3) is 0 Å². The number of hydrogen-bond acceptors (Lipinski definition) is 3. The van der Waals surface area contributed by atoms with E-state index >= 15 is 0 Å². The van der Waals surface area contributed by atoms with Crippen LogP contribution in [0.1, 0.15) is 26.2 Å². The Kier molecular flexibility index (Phi) is 6.15. The van der Waals surface area contributed by atoms with Gasteiger partial charge in [-0.2, -0.15) is 0 Å². The van der Waals surface area contributed by atoms with Gasteiger partial charge >= 0.3 is 0 Å². The van der Waals surface area contributed by atoms with Crippen molar-refractivity contribution in [2.24, 2.45) is 0 Å². The van der Waals surface area contributed by atoms with E-state index in [2.05, 4.69) is 24.2 Å². The zero-order valence-corrected chi connectivity index (χ0v) is 9.59. The molecule has 0 amide bonds. The molecule has 0 aromatic rings. The Balaban J connectivity index is 1.95. The molecule has 1 heterocycles. The molecule has 14 heavy (non-hydrogen) atoms. The van der Waals surface area contributed by atoms with Crippen molar-refractivity contribution in [3.8, 4) is 0 Å². The third kappa shape index (κ3) is 4.94. The highest BCUT2D eigenvalue weighted by Gasteiger charge is 2.16. The first kappa shape index (κ1) is 12.0. The second-order valence-corrected chi connectivity index (χ2v) is 4.10. The zero-order valence-electron chi connectivity index (χ0n) is 9.59. The van der Waals surface area contributed by atoms with E-state index in [-0.39, 0.29) is 0 Å². The van der Waals surface area contributed by atoms with Crippen LogP contribution in [0, 0.1) is 0 Å². The summed E-state index contributed by atoms with van der Waals surface area (Å²) in [5.41, 5.74) is 0. The van der Waals surface area contributed by atoms with Crippen molar-refractivity contribution in [3.63, 3.8) is 0 Å². The fraction of sp³-hybridized carbons (Fsp3) is 1.00. The predicted octanol–water partition coefficient (Wildman–Crippen LogP) is 1.10. The fourth-order valence-corrected chi connectivity index (χ4v) is 1.88. The molecule has 84 valence electrons. The maximum Gasteiger partial charge on any atom is 0.0702 e. The second kappa shape index (κ2) is 7.21. The smallest absolute Gasteiger partial charge is 0.0702 e. The van der Waals surface area contributed by atoms with Gasteiger partial charge in [0, 0.05) is 13.2 Å². The first-order valence-corrected chi connectivity index (χ1v) is 5.83. The van der Waals surface area contributed by atoms with Crippen LogP contribution in [0.4, 0.5) is 0 Å². The van der Waals surface area contributed by atoms with Gasteiger partial charge in [-0.25, -0.2) is 0 Å². The molecule has 1 saturated heterocycles. The molecule has 0 aliphatic carbocycles. The zero-order chi connectivity index (χ0) is 10.2. The monoisotopic (exact) mass is 200 g/mol.